The Hall–Kier alpha value is -3.74. The normalized spacial score (nSPS) is 10.3. The lowest BCUT2D eigenvalue weighted by Crippen LogP contribution is -2.20. The molecule has 3 aromatic rings. The van der Waals surface area contributed by atoms with Gasteiger partial charge in [0.05, 0.1) is 10.5 Å². The molecule has 0 bridgehead atoms. The Bertz CT molecular complexity index is 1000. The molecule has 0 saturated heterocycles. The van der Waals surface area contributed by atoms with Crippen LogP contribution in [0, 0.1) is 10.1 Å². The fourth-order valence-corrected chi connectivity index (χ4v) is 2.48. The van der Waals surface area contributed by atoms with Gasteiger partial charge in [0.2, 0.25) is 0 Å². The highest BCUT2D eigenvalue weighted by Gasteiger charge is 2.12. The zero-order valence-corrected chi connectivity index (χ0v) is 13.5. The van der Waals surface area contributed by atoms with Crippen molar-refractivity contribution in [3.63, 3.8) is 0 Å². The first-order valence-corrected chi connectivity index (χ1v) is 7.72. The second kappa shape index (κ2) is 7.43. The predicted octanol–water partition coefficient (Wildman–Crippen LogP) is 3.58. The van der Waals surface area contributed by atoms with Crippen LogP contribution in [0.1, 0.15) is 10.4 Å². The average molecular weight is 350 g/mol. The maximum Gasteiger partial charge on any atom is 0.270 e. The number of anilines is 1. The summed E-state index contributed by atoms with van der Waals surface area (Å²) in [6, 6.07) is 16.9. The van der Waals surface area contributed by atoms with E-state index in [1.807, 2.05) is 36.4 Å². The molecule has 3 rings (SSSR count). The number of fused-ring (bicyclic) bond motifs is 1. The Balaban J connectivity index is 1.66. The number of aldehydes is 1. The van der Waals surface area contributed by atoms with E-state index in [4.69, 9.17) is 4.74 Å². The SMILES string of the molecule is O=Cc1cc([N+](=O)[O-])ccc1OCC(=O)Nc1ccc2ccccc2c1. The van der Waals surface area contributed by atoms with Crippen LogP contribution in [0.25, 0.3) is 10.8 Å². The van der Waals surface area contributed by atoms with E-state index in [0.29, 0.717) is 12.0 Å². The molecule has 1 N–H and O–H groups in total. The molecule has 1 amide bonds. The van der Waals surface area contributed by atoms with E-state index in [9.17, 15) is 19.7 Å². The molecule has 0 saturated carbocycles. The van der Waals surface area contributed by atoms with Crippen LogP contribution in [0.3, 0.4) is 0 Å². The van der Waals surface area contributed by atoms with E-state index < -0.39 is 10.8 Å². The summed E-state index contributed by atoms with van der Waals surface area (Å²) < 4.78 is 5.32. The molecular formula is C19H14N2O5. The van der Waals surface area contributed by atoms with Crippen molar-refractivity contribution in [3.8, 4) is 5.75 Å². The van der Waals surface area contributed by atoms with Crippen LogP contribution in [-0.4, -0.2) is 23.7 Å². The number of nitrogens with zero attached hydrogens (tertiary/aromatic N) is 1. The molecule has 3 aromatic carbocycles. The molecule has 26 heavy (non-hydrogen) atoms. The van der Waals surface area contributed by atoms with Crippen LogP contribution < -0.4 is 10.1 Å². The molecule has 0 aromatic heterocycles. The Morgan fingerprint density at radius 2 is 1.85 bits per heavy atom. The van der Waals surface area contributed by atoms with E-state index >= 15 is 0 Å². The molecule has 7 heteroatoms. The number of rotatable bonds is 6. The zero-order chi connectivity index (χ0) is 18.5. The molecule has 130 valence electrons. The summed E-state index contributed by atoms with van der Waals surface area (Å²) in [6.07, 6.45) is 0.448. The first-order chi connectivity index (χ1) is 12.6. The van der Waals surface area contributed by atoms with Crippen LogP contribution >= 0.6 is 0 Å². The number of ether oxygens (including phenoxy) is 1. The number of nitro benzene ring substituents is 1. The number of carbonyl (C=O) groups excluding carboxylic acids is 2. The van der Waals surface area contributed by atoms with Crippen molar-refractivity contribution in [3.05, 3.63) is 76.3 Å². The minimum Gasteiger partial charge on any atom is -0.483 e. The maximum atomic E-state index is 12.1. The van der Waals surface area contributed by atoms with Gasteiger partial charge in [-0.15, -0.1) is 0 Å². The van der Waals surface area contributed by atoms with E-state index in [1.165, 1.54) is 12.1 Å². The smallest absolute Gasteiger partial charge is 0.270 e. The number of amides is 1. The number of non-ortho nitro benzene ring substituents is 1. The second-order valence-corrected chi connectivity index (χ2v) is 5.50. The lowest BCUT2D eigenvalue weighted by atomic mass is 10.1. The predicted molar refractivity (Wildman–Crippen MR) is 96.6 cm³/mol. The summed E-state index contributed by atoms with van der Waals surface area (Å²) in [6.45, 7) is -0.328. The highest BCUT2D eigenvalue weighted by molar-refractivity contribution is 5.95. The molecule has 0 unspecified atom stereocenters. The van der Waals surface area contributed by atoms with Crippen molar-refractivity contribution >= 4 is 34.3 Å². The minimum absolute atomic E-state index is 0.0118. The molecule has 0 radical (unpaired) electrons. The molecule has 0 heterocycles. The fourth-order valence-electron chi connectivity index (χ4n) is 2.48. The van der Waals surface area contributed by atoms with Gasteiger partial charge in [-0.2, -0.15) is 0 Å². The van der Waals surface area contributed by atoms with Crippen molar-refractivity contribution < 1.29 is 19.2 Å². The van der Waals surface area contributed by atoms with Gasteiger partial charge in [-0.1, -0.05) is 30.3 Å². The van der Waals surface area contributed by atoms with E-state index in [0.717, 1.165) is 16.8 Å². The number of benzene rings is 3. The summed E-state index contributed by atoms with van der Waals surface area (Å²) in [4.78, 5) is 33.2. The van der Waals surface area contributed by atoms with E-state index in [2.05, 4.69) is 5.32 Å². The number of hydrogen-bond donors (Lipinski definition) is 1. The summed E-state index contributed by atoms with van der Waals surface area (Å²) >= 11 is 0. The first-order valence-electron chi connectivity index (χ1n) is 7.72. The Kier molecular flexibility index (Phi) is 4.89. The Morgan fingerprint density at radius 3 is 2.58 bits per heavy atom. The van der Waals surface area contributed by atoms with Crippen molar-refractivity contribution in [2.24, 2.45) is 0 Å². The average Bonchev–Trinajstić information content (AvgIpc) is 2.66. The zero-order valence-electron chi connectivity index (χ0n) is 13.5. The lowest BCUT2D eigenvalue weighted by molar-refractivity contribution is -0.384. The molecule has 0 aliphatic heterocycles. The topological polar surface area (TPSA) is 98.5 Å². The van der Waals surface area contributed by atoms with Crippen LogP contribution in [0.15, 0.2) is 60.7 Å². The van der Waals surface area contributed by atoms with Crippen LogP contribution in [0.2, 0.25) is 0 Å². The number of carbonyl (C=O) groups is 2. The van der Waals surface area contributed by atoms with E-state index in [1.54, 1.807) is 6.07 Å². The van der Waals surface area contributed by atoms with Gasteiger partial charge in [-0.25, -0.2) is 0 Å². The van der Waals surface area contributed by atoms with Gasteiger partial charge < -0.3 is 10.1 Å². The van der Waals surface area contributed by atoms with Gasteiger partial charge in [0.25, 0.3) is 11.6 Å². The monoisotopic (exact) mass is 350 g/mol. The maximum absolute atomic E-state index is 12.1. The third-order valence-electron chi connectivity index (χ3n) is 3.72. The van der Waals surface area contributed by atoms with Gasteiger partial charge >= 0.3 is 0 Å². The van der Waals surface area contributed by atoms with Crippen molar-refractivity contribution in [1.29, 1.82) is 0 Å². The first kappa shape index (κ1) is 17.1. The Labute approximate surface area is 148 Å². The van der Waals surface area contributed by atoms with Crippen LogP contribution in [0.4, 0.5) is 11.4 Å². The highest BCUT2D eigenvalue weighted by Crippen LogP contribution is 2.23. The third kappa shape index (κ3) is 3.84. The summed E-state index contributed by atoms with van der Waals surface area (Å²) in [5.74, 6) is -0.297. The molecule has 0 aliphatic carbocycles. The largest absolute Gasteiger partial charge is 0.483 e. The Morgan fingerprint density at radius 1 is 1.08 bits per heavy atom. The molecule has 0 spiro atoms. The van der Waals surface area contributed by atoms with Crippen molar-refractivity contribution in [2.45, 2.75) is 0 Å². The standard InChI is InChI=1S/C19H14N2O5/c22-11-15-10-17(21(24)25)7-8-18(15)26-12-19(23)20-16-6-5-13-3-1-2-4-14(13)9-16/h1-11H,12H2,(H,20,23). The molecular weight excluding hydrogens is 336 g/mol. The minimum atomic E-state index is -0.608. The number of hydrogen-bond acceptors (Lipinski definition) is 5. The van der Waals surface area contributed by atoms with Gasteiger partial charge in [0, 0.05) is 17.8 Å². The second-order valence-electron chi connectivity index (χ2n) is 5.50. The fraction of sp³-hybridized carbons (Fsp3) is 0.0526. The van der Waals surface area contributed by atoms with Crippen LogP contribution in [0.5, 0.6) is 5.75 Å². The summed E-state index contributed by atoms with van der Waals surface area (Å²) in [5, 5.41) is 15.5. The molecule has 0 fully saturated rings. The molecule has 7 nitrogen and oxygen atoms in total. The van der Waals surface area contributed by atoms with E-state index in [-0.39, 0.29) is 23.6 Å². The molecule has 0 aliphatic rings. The number of nitrogens with one attached hydrogen (secondary N) is 1. The van der Waals surface area contributed by atoms with Gasteiger partial charge in [-0.05, 0) is 29.0 Å². The van der Waals surface area contributed by atoms with Gasteiger partial charge in [0.15, 0.2) is 12.9 Å². The molecule has 0 atom stereocenters. The quantitative estimate of drug-likeness (QED) is 0.416. The lowest BCUT2D eigenvalue weighted by Gasteiger charge is -2.09. The van der Waals surface area contributed by atoms with Crippen LogP contribution in [-0.2, 0) is 4.79 Å². The highest BCUT2D eigenvalue weighted by atomic mass is 16.6. The van der Waals surface area contributed by atoms with Crippen molar-refractivity contribution in [1.82, 2.24) is 0 Å². The van der Waals surface area contributed by atoms with Gasteiger partial charge in [0.1, 0.15) is 5.75 Å². The summed E-state index contributed by atoms with van der Waals surface area (Å²) in [7, 11) is 0. The van der Waals surface area contributed by atoms with Gasteiger partial charge in [-0.3, -0.25) is 19.7 Å². The summed E-state index contributed by atoms with van der Waals surface area (Å²) in [5.41, 5.74) is 0.411. The third-order valence-corrected chi connectivity index (χ3v) is 3.72. The van der Waals surface area contributed by atoms with Crippen molar-refractivity contribution in [2.75, 3.05) is 11.9 Å². The number of nitro groups is 1.